The summed E-state index contributed by atoms with van der Waals surface area (Å²) in [5.41, 5.74) is 1.26. The molecule has 0 bridgehead atoms. The Kier molecular flexibility index (Phi) is 4.89. The van der Waals surface area contributed by atoms with Crippen LogP contribution in [-0.2, 0) is 11.2 Å². The van der Waals surface area contributed by atoms with E-state index in [0.717, 1.165) is 0 Å². The second-order valence-electron chi connectivity index (χ2n) is 3.38. The molecule has 0 aliphatic carbocycles. The van der Waals surface area contributed by atoms with E-state index in [0.29, 0.717) is 30.3 Å². The minimum Gasteiger partial charge on any atom is -0.462 e. The van der Waals surface area contributed by atoms with E-state index in [-0.39, 0.29) is 12.2 Å². The highest BCUT2D eigenvalue weighted by Gasteiger charge is 2.16. The van der Waals surface area contributed by atoms with Crippen LogP contribution in [0.2, 0.25) is 0 Å². The highest BCUT2D eigenvalue weighted by Crippen LogP contribution is 2.16. The minimum absolute atomic E-state index is 0.254. The van der Waals surface area contributed by atoms with Crippen molar-refractivity contribution in [3.05, 3.63) is 34.9 Å². The topological polar surface area (TPSA) is 67.2 Å². The third kappa shape index (κ3) is 3.15. The van der Waals surface area contributed by atoms with E-state index in [1.54, 1.807) is 25.1 Å². The van der Waals surface area contributed by atoms with Crippen molar-refractivity contribution in [2.75, 3.05) is 6.61 Å². The van der Waals surface area contributed by atoms with E-state index >= 15 is 0 Å². The summed E-state index contributed by atoms with van der Waals surface area (Å²) >= 11 is 0. The molecular formula is C13H13NO3. The lowest BCUT2D eigenvalue weighted by Crippen LogP contribution is -2.11. The fraction of sp³-hybridized carbons (Fsp3) is 0.308. The SMILES string of the molecule is CCOC(=O)c1c(C=O)cccc1CCC#N. The molecule has 0 aliphatic rings. The lowest BCUT2D eigenvalue weighted by atomic mass is 9.98. The van der Waals surface area contributed by atoms with Gasteiger partial charge in [0.25, 0.3) is 0 Å². The first-order valence-electron chi connectivity index (χ1n) is 5.35. The lowest BCUT2D eigenvalue weighted by Gasteiger charge is -2.09. The van der Waals surface area contributed by atoms with Gasteiger partial charge in [-0.3, -0.25) is 4.79 Å². The van der Waals surface area contributed by atoms with E-state index in [2.05, 4.69) is 0 Å². The first kappa shape index (κ1) is 12.9. The fourth-order valence-corrected chi connectivity index (χ4v) is 1.57. The van der Waals surface area contributed by atoms with Crippen LogP contribution in [0.5, 0.6) is 0 Å². The quantitative estimate of drug-likeness (QED) is 0.575. The Morgan fingerprint density at radius 1 is 1.53 bits per heavy atom. The number of aldehydes is 1. The third-order valence-corrected chi connectivity index (χ3v) is 2.30. The molecule has 0 atom stereocenters. The number of ether oxygens (including phenoxy) is 1. The first-order chi connectivity index (χ1) is 8.24. The van der Waals surface area contributed by atoms with E-state index in [4.69, 9.17) is 10.00 Å². The summed E-state index contributed by atoms with van der Waals surface area (Å²) < 4.78 is 4.91. The molecule has 0 spiro atoms. The molecule has 0 heterocycles. The smallest absolute Gasteiger partial charge is 0.339 e. The molecule has 4 heteroatoms. The number of nitrogens with zero attached hydrogens (tertiary/aromatic N) is 1. The zero-order valence-electron chi connectivity index (χ0n) is 9.60. The van der Waals surface area contributed by atoms with Gasteiger partial charge in [-0.1, -0.05) is 18.2 Å². The van der Waals surface area contributed by atoms with Gasteiger partial charge in [0.05, 0.1) is 18.2 Å². The van der Waals surface area contributed by atoms with Crippen molar-refractivity contribution in [1.29, 1.82) is 5.26 Å². The Morgan fingerprint density at radius 2 is 2.29 bits per heavy atom. The Hall–Kier alpha value is -2.15. The van der Waals surface area contributed by atoms with Crippen molar-refractivity contribution in [2.24, 2.45) is 0 Å². The fourth-order valence-electron chi connectivity index (χ4n) is 1.57. The van der Waals surface area contributed by atoms with Gasteiger partial charge < -0.3 is 4.74 Å². The summed E-state index contributed by atoms with van der Waals surface area (Å²) in [5, 5.41) is 8.55. The van der Waals surface area contributed by atoms with Crippen molar-refractivity contribution >= 4 is 12.3 Å². The maximum atomic E-state index is 11.7. The summed E-state index contributed by atoms with van der Waals surface area (Å²) in [6, 6.07) is 7.00. The van der Waals surface area contributed by atoms with E-state index in [1.165, 1.54) is 0 Å². The summed E-state index contributed by atoms with van der Waals surface area (Å²) in [5.74, 6) is -0.511. The van der Waals surface area contributed by atoms with Gasteiger partial charge in [0.15, 0.2) is 6.29 Å². The van der Waals surface area contributed by atoms with Crippen molar-refractivity contribution in [3.8, 4) is 6.07 Å². The van der Waals surface area contributed by atoms with Crippen LogP contribution >= 0.6 is 0 Å². The normalized spacial score (nSPS) is 9.41. The summed E-state index contributed by atoms with van der Waals surface area (Å²) in [6.07, 6.45) is 1.36. The average molecular weight is 231 g/mol. The molecule has 0 N–H and O–H groups in total. The third-order valence-electron chi connectivity index (χ3n) is 2.30. The van der Waals surface area contributed by atoms with Gasteiger partial charge in [0.1, 0.15) is 0 Å². The molecule has 17 heavy (non-hydrogen) atoms. The largest absolute Gasteiger partial charge is 0.462 e. The number of hydrogen-bond acceptors (Lipinski definition) is 4. The van der Waals surface area contributed by atoms with Crippen LogP contribution in [0.1, 0.15) is 39.6 Å². The van der Waals surface area contributed by atoms with Crippen molar-refractivity contribution < 1.29 is 14.3 Å². The molecule has 1 rings (SSSR count). The molecule has 0 aliphatic heterocycles. The van der Waals surface area contributed by atoms with Crippen LogP contribution in [0, 0.1) is 11.3 Å². The minimum atomic E-state index is -0.511. The highest BCUT2D eigenvalue weighted by molar-refractivity contribution is 5.99. The molecule has 0 aromatic heterocycles. The van der Waals surface area contributed by atoms with Crippen molar-refractivity contribution in [1.82, 2.24) is 0 Å². The molecule has 1 aromatic rings. The van der Waals surface area contributed by atoms with Gasteiger partial charge in [-0.05, 0) is 18.9 Å². The standard InChI is InChI=1S/C13H13NO3/c1-2-17-13(16)12-10(7-4-8-14)5-3-6-11(12)9-15/h3,5-6,9H,2,4,7H2,1H3. The maximum absolute atomic E-state index is 11.7. The molecule has 0 fully saturated rings. The van der Waals surface area contributed by atoms with Gasteiger partial charge in [-0.15, -0.1) is 0 Å². The number of carbonyl (C=O) groups excluding carboxylic acids is 2. The Balaban J connectivity index is 3.16. The van der Waals surface area contributed by atoms with Crippen molar-refractivity contribution in [3.63, 3.8) is 0 Å². The number of esters is 1. The van der Waals surface area contributed by atoms with Crippen LogP contribution in [0.4, 0.5) is 0 Å². The maximum Gasteiger partial charge on any atom is 0.339 e. The molecule has 0 saturated heterocycles. The average Bonchev–Trinajstić information content (AvgIpc) is 2.35. The van der Waals surface area contributed by atoms with Crippen LogP contribution in [0.25, 0.3) is 0 Å². The van der Waals surface area contributed by atoms with Crippen LogP contribution in [0.3, 0.4) is 0 Å². The molecule has 4 nitrogen and oxygen atoms in total. The monoisotopic (exact) mass is 231 g/mol. The number of rotatable bonds is 5. The number of aryl methyl sites for hydroxylation is 1. The second kappa shape index (κ2) is 6.44. The van der Waals surface area contributed by atoms with E-state index in [9.17, 15) is 9.59 Å². The Bertz CT molecular complexity index is 460. The molecule has 0 radical (unpaired) electrons. The van der Waals surface area contributed by atoms with Gasteiger partial charge in [0, 0.05) is 12.0 Å². The molecule has 0 amide bonds. The molecular weight excluding hydrogens is 218 g/mol. The number of nitriles is 1. The van der Waals surface area contributed by atoms with E-state index < -0.39 is 5.97 Å². The Morgan fingerprint density at radius 3 is 2.88 bits per heavy atom. The van der Waals surface area contributed by atoms with Gasteiger partial charge in [-0.25, -0.2) is 4.79 Å². The zero-order chi connectivity index (χ0) is 12.7. The van der Waals surface area contributed by atoms with Crippen LogP contribution in [0.15, 0.2) is 18.2 Å². The molecule has 1 aromatic carbocycles. The number of hydrogen-bond donors (Lipinski definition) is 0. The molecule has 0 unspecified atom stereocenters. The summed E-state index contributed by atoms with van der Waals surface area (Å²) in [4.78, 5) is 22.6. The van der Waals surface area contributed by atoms with Crippen LogP contribution < -0.4 is 0 Å². The predicted molar refractivity (Wildman–Crippen MR) is 61.7 cm³/mol. The Labute approximate surface area is 99.8 Å². The lowest BCUT2D eigenvalue weighted by molar-refractivity contribution is 0.0523. The summed E-state index contributed by atoms with van der Waals surface area (Å²) in [6.45, 7) is 1.96. The van der Waals surface area contributed by atoms with Gasteiger partial charge in [-0.2, -0.15) is 5.26 Å². The zero-order valence-corrected chi connectivity index (χ0v) is 9.60. The highest BCUT2D eigenvalue weighted by atomic mass is 16.5. The second-order valence-corrected chi connectivity index (χ2v) is 3.38. The van der Waals surface area contributed by atoms with Gasteiger partial charge >= 0.3 is 5.97 Å². The number of benzene rings is 1. The van der Waals surface area contributed by atoms with Crippen LogP contribution in [-0.4, -0.2) is 18.9 Å². The van der Waals surface area contributed by atoms with Crippen molar-refractivity contribution in [2.45, 2.75) is 19.8 Å². The molecule has 0 saturated carbocycles. The summed E-state index contributed by atoms with van der Waals surface area (Å²) in [7, 11) is 0. The van der Waals surface area contributed by atoms with E-state index in [1.807, 2.05) is 6.07 Å². The molecule has 88 valence electrons. The van der Waals surface area contributed by atoms with Gasteiger partial charge in [0.2, 0.25) is 0 Å². The predicted octanol–water partition coefficient (Wildman–Crippen LogP) is 2.13. The number of carbonyl (C=O) groups is 2. The first-order valence-corrected chi connectivity index (χ1v) is 5.35.